The number of para-hydroxylation sites is 1. The summed E-state index contributed by atoms with van der Waals surface area (Å²) in [6.07, 6.45) is 3.67. The number of ether oxygens (including phenoxy) is 1. The maximum absolute atomic E-state index is 5.91. The van der Waals surface area contributed by atoms with E-state index in [-0.39, 0.29) is 0 Å². The zero-order chi connectivity index (χ0) is 16.8. The minimum absolute atomic E-state index is 0.623. The summed E-state index contributed by atoms with van der Waals surface area (Å²) in [5, 5.41) is 7.80. The predicted octanol–water partition coefficient (Wildman–Crippen LogP) is 3.22. The van der Waals surface area contributed by atoms with Crippen molar-refractivity contribution in [1.82, 2.24) is 10.6 Å². The number of furan rings is 1. The quantitative estimate of drug-likeness (QED) is 0.443. The van der Waals surface area contributed by atoms with Crippen molar-refractivity contribution in [2.45, 2.75) is 32.7 Å². The Bertz CT molecular complexity index is 689. The van der Waals surface area contributed by atoms with E-state index in [4.69, 9.17) is 9.15 Å². The van der Waals surface area contributed by atoms with Crippen molar-refractivity contribution in [3.8, 4) is 0 Å². The van der Waals surface area contributed by atoms with Gasteiger partial charge < -0.3 is 19.8 Å². The number of rotatable bonds is 8. The second-order valence-corrected chi connectivity index (χ2v) is 6.37. The van der Waals surface area contributed by atoms with Crippen LogP contribution in [-0.4, -0.2) is 32.8 Å². The zero-order valence-corrected chi connectivity index (χ0v) is 14.6. The average molecular weight is 329 g/mol. The van der Waals surface area contributed by atoms with Gasteiger partial charge >= 0.3 is 0 Å². The molecule has 2 aromatic rings. The van der Waals surface area contributed by atoms with Crippen molar-refractivity contribution in [2.24, 2.45) is 10.9 Å². The van der Waals surface area contributed by atoms with E-state index in [1.54, 1.807) is 7.05 Å². The zero-order valence-electron chi connectivity index (χ0n) is 14.6. The molecule has 5 nitrogen and oxygen atoms in total. The molecule has 2 N–H and O–H groups in total. The lowest BCUT2D eigenvalue weighted by molar-refractivity contribution is 0.123. The molecule has 1 aliphatic rings. The third kappa shape index (κ3) is 4.51. The van der Waals surface area contributed by atoms with Crippen molar-refractivity contribution in [2.75, 3.05) is 26.8 Å². The average Bonchev–Trinajstić information content (AvgIpc) is 3.38. The second kappa shape index (κ2) is 8.20. The molecule has 1 aliphatic carbocycles. The molecule has 1 fully saturated rings. The van der Waals surface area contributed by atoms with Crippen molar-refractivity contribution in [3.05, 3.63) is 35.6 Å². The summed E-state index contributed by atoms with van der Waals surface area (Å²) in [4.78, 5) is 4.25. The molecule has 0 spiro atoms. The Morgan fingerprint density at radius 1 is 1.29 bits per heavy atom. The number of aliphatic imine (C=N–C) groups is 1. The predicted molar refractivity (Wildman–Crippen MR) is 97.3 cm³/mol. The van der Waals surface area contributed by atoms with E-state index in [1.807, 2.05) is 18.2 Å². The molecule has 0 bridgehead atoms. The van der Waals surface area contributed by atoms with Crippen LogP contribution in [0.25, 0.3) is 11.0 Å². The SMILES string of the molecule is CN=C(NCCCOCC1CC1)NCc1oc2ccccc2c1C. The largest absolute Gasteiger partial charge is 0.459 e. The molecule has 0 radical (unpaired) electrons. The normalized spacial score (nSPS) is 15.0. The molecule has 0 aliphatic heterocycles. The monoisotopic (exact) mass is 329 g/mol. The van der Waals surface area contributed by atoms with Crippen LogP contribution in [0.3, 0.4) is 0 Å². The van der Waals surface area contributed by atoms with Crippen LogP contribution in [-0.2, 0) is 11.3 Å². The fourth-order valence-corrected chi connectivity index (χ4v) is 2.69. The van der Waals surface area contributed by atoms with E-state index in [0.29, 0.717) is 6.54 Å². The van der Waals surface area contributed by atoms with Crippen LogP contribution >= 0.6 is 0 Å². The number of guanidine groups is 1. The Labute approximate surface area is 143 Å². The number of aryl methyl sites for hydroxylation is 1. The van der Waals surface area contributed by atoms with Crippen LogP contribution in [0.5, 0.6) is 0 Å². The van der Waals surface area contributed by atoms with Gasteiger partial charge in [0.1, 0.15) is 11.3 Å². The Kier molecular flexibility index (Phi) is 5.75. The Morgan fingerprint density at radius 2 is 2.12 bits per heavy atom. The van der Waals surface area contributed by atoms with E-state index in [0.717, 1.165) is 49.4 Å². The van der Waals surface area contributed by atoms with Crippen molar-refractivity contribution < 1.29 is 9.15 Å². The highest BCUT2D eigenvalue weighted by Gasteiger charge is 2.20. The fourth-order valence-electron chi connectivity index (χ4n) is 2.69. The van der Waals surface area contributed by atoms with Gasteiger partial charge in [0.05, 0.1) is 6.54 Å². The smallest absolute Gasteiger partial charge is 0.191 e. The molecule has 1 heterocycles. The Hall–Kier alpha value is -2.01. The maximum Gasteiger partial charge on any atom is 0.191 e. The Balaban J connectivity index is 1.40. The lowest BCUT2D eigenvalue weighted by atomic mass is 10.1. The molecule has 3 rings (SSSR count). The highest BCUT2D eigenvalue weighted by molar-refractivity contribution is 5.82. The summed E-state index contributed by atoms with van der Waals surface area (Å²) in [7, 11) is 1.78. The first-order chi connectivity index (χ1) is 11.8. The van der Waals surface area contributed by atoms with Crippen molar-refractivity contribution in [3.63, 3.8) is 0 Å². The second-order valence-electron chi connectivity index (χ2n) is 6.37. The Morgan fingerprint density at radius 3 is 2.88 bits per heavy atom. The van der Waals surface area contributed by atoms with Gasteiger partial charge in [-0.05, 0) is 38.2 Å². The van der Waals surface area contributed by atoms with Crippen molar-refractivity contribution >= 4 is 16.9 Å². The minimum atomic E-state index is 0.623. The summed E-state index contributed by atoms with van der Waals surface area (Å²) in [6.45, 7) is 5.31. The standard InChI is InChI=1S/C19H27N3O2/c1-14-16-6-3-4-7-17(16)24-18(14)12-22-19(20-2)21-10-5-11-23-13-15-8-9-15/h3-4,6-7,15H,5,8-13H2,1-2H3,(H2,20,21,22). The first-order valence-corrected chi connectivity index (χ1v) is 8.77. The first kappa shape index (κ1) is 16.8. The summed E-state index contributed by atoms with van der Waals surface area (Å²) in [6, 6.07) is 8.12. The lowest BCUT2D eigenvalue weighted by Crippen LogP contribution is -2.37. The van der Waals surface area contributed by atoms with Gasteiger partial charge in [0.15, 0.2) is 5.96 Å². The van der Waals surface area contributed by atoms with Gasteiger partial charge in [-0.2, -0.15) is 0 Å². The topological polar surface area (TPSA) is 58.8 Å². The van der Waals surface area contributed by atoms with Gasteiger partial charge in [-0.1, -0.05) is 18.2 Å². The molecule has 1 aromatic heterocycles. The van der Waals surface area contributed by atoms with E-state index in [2.05, 4.69) is 28.6 Å². The molecule has 0 atom stereocenters. The van der Waals surface area contributed by atoms with Gasteiger partial charge in [-0.3, -0.25) is 4.99 Å². The first-order valence-electron chi connectivity index (χ1n) is 8.77. The minimum Gasteiger partial charge on any atom is -0.459 e. The number of nitrogens with one attached hydrogen (secondary N) is 2. The van der Waals surface area contributed by atoms with Gasteiger partial charge in [0.2, 0.25) is 0 Å². The fraction of sp³-hybridized carbons (Fsp3) is 0.526. The number of hydrogen-bond acceptors (Lipinski definition) is 3. The van der Waals surface area contributed by atoms with Crippen LogP contribution < -0.4 is 10.6 Å². The van der Waals surface area contributed by atoms with Gasteiger partial charge in [0, 0.05) is 37.8 Å². The molecule has 1 aromatic carbocycles. The lowest BCUT2D eigenvalue weighted by Gasteiger charge is -2.11. The molecular formula is C19H27N3O2. The van der Waals surface area contributed by atoms with Crippen LogP contribution in [0.15, 0.2) is 33.7 Å². The molecule has 0 unspecified atom stereocenters. The number of nitrogens with zero attached hydrogens (tertiary/aromatic N) is 1. The van der Waals surface area contributed by atoms with Crippen LogP contribution in [0.4, 0.5) is 0 Å². The van der Waals surface area contributed by atoms with Crippen LogP contribution in [0.1, 0.15) is 30.6 Å². The number of hydrogen-bond donors (Lipinski definition) is 2. The maximum atomic E-state index is 5.91. The summed E-state index contributed by atoms with van der Waals surface area (Å²) in [5.41, 5.74) is 2.12. The third-order valence-electron chi connectivity index (χ3n) is 4.39. The summed E-state index contributed by atoms with van der Waals surface area (Å²) in [5.74, 6) is 2.57. The van der Waals surface area contributed by atoms with E-state index in [1.165, 1.54) is 23.8 Å². The third-order valence-corrected chi connectivity index (χ3v) is 4.39. The molecule has 5 heteroatoms. The highest BCUT2D eigenvalue weighted by atomic mass is 16.5. The van der Waals surface area contributed by atoms with Gasteiger partial charge in [-0.25, -0.2) is 0 Å². The van der Waals surface area contributed by atoms with E-state index < -0.39 is 0 Å². The molecular weight excluding hydrogens is 302 g/mol. The molecule has 0 amide bonds. The van der Waals surface area contributed by atoms with Crippen LogP contribution in [0.2, 0.25) is 0 Å². The van der Waals surface area contributed by atoms with E-state index >= 15 is 0 Å². The number of benzene rings is 1. The van der Waals surface area contributed by atoms with Gasteiger partial charge in [0.25, 0.3) is 0 Å². The summed E-state index contributed by atoms with van der Waals surface area (Å²) < 4.78 is 11.6. The number of fused-ring (bicyclic) bond motifs is 1. The highest BCUT2D eigenvalue weighted by Crippen LogP contribution is 2.28. The summed E-state index contributed by atoms with van der Waals surface area (Å²) >= 11 is 0. The molecule has 1 saturated carbocycles. The van der Waals surface area contributed by atoms with Gasteiger partial charge in [-0.15, -0.1) is 0 Å². The molecule has 24 heavy (non-hydrogen) atoms. The molecule has 0 saturated heterocycles. The van der Waals surface area contributed by atoms with E-state index in [9.17, 15) is 0 Å². The molecule has 130 valence electrons. The van der Waals surface area contributed by atoms with Crippen molar-refractivity contribution in [1.29, 1.82) is 0 Å². The van der Waals surface area contributed by atoms with Crippen LogP contribution in [0, 0.1) is 12.8 Å².